The summed E-state index contributed by atoms with van der Waals surface area (Å²) in [5.41, 5.74) is 13.4. The van der Waals surface area contributed by atoms with Crippen LogP contribution in [0, 0.1) is 0 Å². The van der Waals surface area contributed by atoms with Crippen molar-refractivity contribution in [3.05, 3.63) is 251 Å². The summed E-state index contributed by atoms with van der Waals surface area (Å²) in [5.74, 6) is -0.0220. The number of hydrogen-bond donors (Lipinski definition) is 0. The Balaban J connectivity index is 1.36. The molecule has 0 heterocycles. The van der Waals surface area contributed by atoms with E-state index in [0.717, 1.165) is 66.8 Å². The molecule has 0 N–H and O–H groups in total. The lowest BCUT2D eigenvalue weighted by molar-refractivity contribution is -0.109. The van der Waals surface area contributed by atoms with Crippen molar-refractivity contribution in [1.29, 1.82) is 0 Å². The number of allylic oxidation sites excluding steroid dienone is 8. The highest BCUT2D eigenvalue weighted by atomic mass is 16.1. The van der Waals surface area contributed by atoms with Crippen LogP contribution in [0.1, 0.15) is 44.5 Å². The first-order chi connectivity index (χ1) is 26.7. The zero-order chi connectivity index (χ0) is 36.4. The number of carbonyl (C=O) groups excluding carboxylic acids is 2. The van der Waals surface area contributed by atoms with Crippen molar-refractivity contribution in [3.8, 4) is 0 Å². The standard InChI is InChI=1S/C52H34O2/c53-51-47(37-24-11-3-12-25-37)43(35-20-7-1-8-21-35)45(49(51)39-28-15-5-16-29-39)41-32-19-33-42(34-41)46-44(36-22-9-2-10-23-36)48(38-26-13-4-14-27-38)52(54)50(46)40-30-17-6-18-31-40/h1-34H. The Bertz CT molecular complexity index is 2480. The molecule has 9 rings (SSSR count). The molecule has 2 nitrogen and oxygen atoms in total. The smallest absolute Gasteiger partial charge is 0.195 e. The maximum Gasteiger partial charge on any atom is 0.195 e. The average molecular weight is 691 g/mol. The molecule has 0 saturated heterocycles. The van der Waals surface area contributed by atoms with Gasteiger partial charge in [0, 0.05) is 44.6 Å². The van der Waals surface area contributed by atoms with Crippen LogP contribution >= 0.6 is 0 Å². The van der Waals surface area contributed by atoms with E-state index in [4.69, 9.17) is 0 Å². The maximum absolute atomic E-state index is 15.0. The monoisotopic (exact) mass is 690 g/mol. The highest BCUT2D eigenvalue weighted by molar-refractivity contribution is 6.60. The molecule has 0 bridgehead atoms. The van der Waals surface area contributed by atoms with Gasteiger partial charge in [0.25, 0.3) is 0 Å². The SMILES string of the molecule is O=C1C(c2ccccc2)=C(c2ccccc2)C(c2cccc(C3=C(c4ccccc4)C(=O)C(c4ccccc4)=C3c3ccccc3)c2)=C1c1ccccc1. The Morgan fingerprint density at radius 1 is 0.185 bits per heavy atom. The average Bonchev–Trinajstić information content (AvgIpc) is 3.73. The van der Waals surface area contributed by atoms with Crippen molar-refractivity contribution in [2.45, 2.75) is 0 Å². The number of Topliss-reactive ketones (excluding diaryl/α,β-unsaturated/α-hetero) is 2. The molecule has 0 aromatic heterocycles. The van der Waals surface area contributed by atoms with E-state index >= 15 is 0 Å². The Morgan fingerprint density at radius 2 is 0.370 bits per heavy atom. The largest absolute Gasteiger partial charge is 0.289 e. The molecule has 7 aromatic rings. The maximum atomic E-state index is 15.0. The molecule has 0 fully saturated rings. The van der Waals surface area contributed by atoms with Crippen LogP contribution < -0.4 is 0 Å². The van der Waals surface area contributed by atoms with Crippen LogP contribution in [0.2, 0.25) is 0 Å². The summed E-state index contributed by atoms with van der Waals surface area (Å²) in [6.07, 6.45) is 0. The zero-order valence-corrected chi connectivity index (χ0v) is 29.4. The number of ketones is 2. The van der Waals surface area contributed by atoms with E-state index in [-0.39, 0.29) is 11.6 Å². The first-order valence-corrected chi connectivity index (χ1v) is 18.2. The van der Waals surface area contributed by atoms with E-state index in [1.165, 1.54) is 0 Å². The molecule has 7 aromatic carbocycles. The zero-order valence-electron chi connectivity index (χ0n) is 29.4. The first-order valence-electron chi connectivity index (χ1n) is 18.2. The third kappa shape index (κ3) is 5.71. The summed E-state index contributed by atoms with van der Waals surface area (Å²) in [6.45, 7) is 0. The van der Waals surface area contributed by atoms with E-state index in [9.17, 15) is 9.59 Å². The van der Waals surface area contributed by atoms with Crippen molar-refractivity contribution in [2.75, 3.05) is 0 Å². The molecule has 0 atom stereocenters. The van der Waals surface area contributed by atoms with E-state index in [0.29, 0.717) is 22.3 Å². The first kappa shape index (κ1) is 32.7. The van der Waals surface area contributed by atoms with Gasteiger partial charge in [-0.25, -0.2) is 0 Å². The number of hydrogen-bond acceptors (Lipinski definition) is 2. The fraction of sp³-hybridized carbons (Fsp3) is 0. The summed E-state index contributed by atoms with van der Waals surface area (Å²) in [6, 6.07) is 68.7. The van der Waals surface area contributed by atoms with Gasteiger partial charge in [-0.2, -0.15) is 0 Å². The number of rotatable bonds is 8. The molecule has 2 heteroatoms. The van der Waals surface area contributed by atoms with Gasteiger partial charge in [-0.3, -0.25) is 9.59 Å². The molecular formula is C52H34O2. The van der Waals surface area contributed by atoms with Gasteiger partial charge in [-0.15, -0.1) is 0 Å². The molecule has 0 spiro atoms. The molecule has 0 saturated carbocycles. The van der Waals surface area contributed by atoms with Gasteiger partial charge in [0.05, 0.1) is 0 Å². The quantitative estimate of drug-likeness (QED) is 0.159. The predicted molar refractivity (Wildman–Crippen MR) is 222 cm³/mol. The van der Waals surface area contributed by atoms with Crippen molar-refractivity contribution in [2.24, 2.45) is 0 Å². The molecule has 2 aliphatic carbocycles. The predicted octanol–water partition coefficient (Wildman–Crippen LogP) is 11.9. The number of benzene rings is 7. The van der Waals surface area contributed by atoms with E-state index < -0.39 is 0 Å². The Morgan fingerprint density at radius 3 is 0.611 bits per heavy atom. The fourth-order valence-corrected chi connectivity index (χ4v) is 7.92. The van der Waals surface area contributed by atoms with Gasteiger partial charge in [0.2, 0.25) is 0 Å². The normalized spacial score (nSPS) is 14.4. The van der Waals surface area contributed by atoms with Gasteiger partial charge in [-0.05, 0) is 50.6 Å². The molecule has 54 heavy (non-hydrogen) atoms. The lowest BCUT2D eigenvalue weighted by Crippen LogP contribution is -2.02. The van der Waals surface area contributed by atoms with E-state index in [2.05, 4.69) is 48.5 Å². The molecule has 0 unspecified atom stereocenters. The fourth-order valence-electron chi connectivity index (χ4n) is 7.92. The minimum absolute atomic E-state index is 0.0110. The van der Waals surface area contributed by atoms with Gasteiger partial charge in [0.1, 0.15) is 0 Å². The molecule has 254 valence electrons. The van der Waals surface area contributed by atoms with Crippen LogP contribution in [0.4, 0.5) is 0 Å². The van der Waals surface area contributed by atoms with Crippen LogP contribution in [-0.2, 0) is 9.59 Å². The minimum Gasteiger partial charge on any atom is -0.289 e. The highest BCUT2D eigenvalue weighted by Gasteiger charge is 2.38. The van der Waals surface area contributed by atoms with Gasteiger partial charge in [-0.1, -0.05) is 200 Å². The molecule has 2 aliphatic rings. The Hall–Kier alpha value is -7.16. The highest BCUT2D eigenvalue weighted by Crippen LogP contribution is 2.52. The van der Waals surface area contributed by atoms with Crippen molar-refractivity contribution in [3.63, 3.8) is 0 Å². The molecule has 0 aliphatic heterocycles. The second-order valence-corrected chi connectivity index (χ2v) is 13.4. The second kappa shape index (κ2) is 14.1. The Kier molecular flexibility index (Phi) is 8.55. The van der Waals surface area contributed by atoms with Gasteiger partial charge >= 0.3 is 0 Å². The topological polar surface area (TPSA) is 34.1 Å². The summed E-state index contributed by atoms with van der Waals surface area (Å²) >= 11 is 0. The van der Waals surface area contributed by atoms with Crippen LogP contribution in [0.5, 0.6) is 0 Å². The summed E-state index contributed by atoms with van der Waals surface area (Å²) in [4.78, 5) is 29.9. The molecule has 0 radical (unpaired) electrons. The summed E-state index contributed by atoms with van der Waals surface area (Å²) in [7, 11) is 0. The summed E-state index contributed by atoms with van der Waals surface area (Å²) < 4.78 is 0. The minimum atomic E-state index is -0.0110. The van der Waals surface area contributed by atoms with E-state index in [1.807, 2.05) is 158 Å². The lowest BCUT2D eigenvalue weighted by atomic mass is 9.85. The van der Waals surface area contributed by atoms with Crippen LogP contribution in [-0.4, -0.2) is 11.6 Å². The van der Waals surface area contributed by atoms with Gasteiger partial charge in [0.15, 0.2) is 11.6 Å². The van der Waals surface area contributed by atoms with Crippen molar-refractivity contribution >= 4 is 56.2 Å². The van der Waals surface area contributed by atoms with Crippen molar-refractivity contribution < 1.29 is 9.59 Å². The van der Waals surface area contributed by atoms with Crippen LogP contribution in [0.15, 0.2) is 206 Å². The van der Waals surface area contributed by atoms with Crippen LogP contribution in [0.25, 0.3) is 44.6 Å². The van der Waals surface area contributed by atoms with E-state index in [1.54, 1.807) is 0 Å². The summed E-state index contributed by atoms with van der Waals surface area (Å²) in [5, 5.41) is 0. The molecular weight excluding hydrogens is 657 g/mol. The third-order valence-electron chi connectivity index (χ3n) is 10.2. The second-order valence-electron chi connectivity index (χ2n) is 13.4. The van der Waals surface area contributed by atoms with Crippen LogP contribution in [0.3, 0.4) is 0 Å². The molecule has 0 amide bonds. The van der Waals surface area contributed by atoms with Gasteiger partial charge < -0.3 is 0 Å². The number of carbonyl (C=O) groups is 2. The third-order valence-corrected chi connectivity index (χ3v) is 10.2. The Labute approximate surface area is 315 Å². The van der Waals surface area contributed by atoms with Crippen molar-refractivity contribution in [1.82, 2.24) is 0 Å². The lowest BCUT2D eigenvalue weighted by Gasteiger charge is -2.17.